The maximum atomic E-state index is 5.46. The lowest BCUT2D eigenvalue weighted by molar-refractivity contribution is -0.00683. The van der Waals surface area contributed by atoms with Gasteiger partial charge in [0.05, 0.1) is 19.8 Å². The molecule has 2 N–H and O–H groups in total. The molecule has 0 saturated carbocycles. The average molecular weight is 483 g/mol. The van der Waals surface area contributed by atoms with E-state index in [1.807, 2.05) is 0 Å². The number of nitrogens with one attached hydrogen (secondary N) is 2. The Morgan fingerprint density at radius 3 is 2.31 bits per heavy atom. The summed E-state index contributed by atoms with van der Waals surface area (Å²) in [6.45, 7) is 20.9. The molecule has 0 aliphatic carbocycles. The second kappa shape index (κ2) is 14.9. The molecule has 0 atom stereocenters. The van der Waals surface area contributed by atoms with Crippen LogP contribution in [-0.2, 0) is 4.74 Å². The first kappa shape index (κ1) is 25.9. The van der Waals surface area contributed by atoms with Gasteiger partial charge in [-0.25, -0.2) is 0 Å². The zero-order chi connectivity index (χ0) is 18.5. The molecule has 0 aromatic carbocycles. The first-order valence-corrected chi connectivity index (χ1v) is 10.1. The van der Waals surface area contributed by atoms with Crippen molar-refractivity contribution < 1.29 is 4.74 Å². The smallest absolute Gasteiger partial charge is 0.191 e. The summed E-state index contributed by atoms with van der Waals surface area (Å²) >= 11 is 0. The molecular weight excluding hydrogens is 441 g/mol. The minimum absolute atomic E-state index is 0. The highest BCUT2D eigenvalue weighted by Gasteiger charge is 2.28. The van der Waals surface area contributed by atoms with Crippen molar-refractivity contribution in [3.05, 3.63) is 0 Å². The summed E-state index contributed by atoms with van der Waals surface area (Å²) in [4.78, 5) is 9.78. The first-order valence-electron chi connectivity index (χ1n) is 10.1. The minimum atomic E-state index is 0. The Bertz CT molecular complexity index is 369. The van der Waals surface area contributed by atoms with E-state index >= 15 is 0 Å². The van der Waals surface area contributed by atoms with Gasteiger partial charge in [-0.2, -0.15) is 0 Å². The van der Waals surface area contributed by atoms with Crippen LogP contribution in [0.15, 0.2) is 4.99 Å². The van der Waals surface area contributed by atoms with Crippen LogP contribution in [0.2, 0.25) is 0 Å². The van der Waals surface area contributed by atoms with E-state index in [0.29, 0.717) is 0 Å². The summed E-state index contributed by atoms with van der Waals surface area (Å²) < 4.78 is 5.46. The van der Waals surface area contributed by atoms with Crippen LogP contribution in [0.3, 0.4) is 0 Å². The number of rotatable bonds is 11. The number of hydrogen-bond donors (Lipinski definition) is 2. The predicted molar refractivity (Wildman–Crippen MR) is 123 cm³/mol. The van der Waals surface area contributed by atoms with Gasteiger partial charge >= 0.3 is 0 Å². The Balaban J connectivity index is 0.00000625. The van der Waals surface area contributed by atoms with Crippen LogP contribution in [0.5, 0.6) is 0 Å². The molecule has 1 aliphatic heterocycles. The fraction of sp³-hybridized carbons (Fsp3) is 0.947. The molecule has 1 saturated heterocycles. The van der Waals surface area contributed by atoms with Crippen LogP contribution in [0, 0.1) is 0 Å². The number of aliphatic imine (C=N–C) groups is 1. The second-order valence-electron chi connectivity index (χ2n) is 7.27. The van der Waals surface area contributed by atoms with Gasteiger partial charge in [-0.1, -0.05) is 13.8 Å². The van der Waals surface area contributed by atoms with Crippen molar-refractivity contribution in [1.82, 2.24) is 20.4 Å². The van der Waals surface area contributed by atoms with Gasteiger partial charge in [0, 0.05) is 31.7 Å². The molecular formula is C19H42IN5O. The van der Waals surface area contributed by atoms with Crippen LogP contribution in [-0.4, -0.2) is 86.9 Å². The van der Waals surface area contributed by atoms with Gasteiger partial charge in [0.1, 0.15) is 0 Å². The zero-order valence-electron chi connectivity index (χ0n) is 17.6. The number of ether oxygens (including phenoxy) is 1. The highest BCUT2D eigenvalue weighted by Crippen LogP contribution is 2.16. The number of unbranched alkanes of at least 4 members (excludes halogenated alkanes) is 1. The van der Waals surface area contributed by atoms with Gasteiger partial charge in [-0.05, 0) is 53.2 Å². The van der Waals surface area contributed by atoms with Gasteiger partial charge in [0.2, 0.25) is 0 Å². The van der Waals surface area contributed by atoms with Crippen LogP contribution in [0.4, 0.5) is 0 Å². The van der Waals surface area contributed by atoms with Crippen molar-refractivity contribution in [3.63, 3.8) is 0 Å². The van der Waals surface area contributed by atoms with E-state index in [1.54, 1.807) is 0 Å². The Kier molecular flexibility index (Phi) is 14.8. The van der Waals surface area contributed by atoms with Gasteiger partial charge in [0.15, 0.2) is 5.96 Å². The molecule has 1 aliphatic rings. The van der Waals surface area contributed by atoms with Gasteiger partial charge in [0.25, 0.3) is 0 Å². The minimum Gasteiger partial charge on any atom is -0.379 e. The molecule has 6 nitrogen and oxygen atoms in total. The molecule has 0 spiro atoms. The number of nitrogens with zero attached hydrogens (tertiary/aromatic N) is 3. The third-order valence-electron chi connectivity index (χ3n) is 4.92. The number of morpholine rings is 1. The fourth-order valence-electron chi connectivity index (χ4n) is 3.09. The lowest BCUT2D eigenvalue weighted by Gasteiger charge is -2.39. The van der Waals surface area contributed by atoms with Crippen LogP contribution < -0.4 is 10.6 Å². The van der Waals surface area contributed by atoms with E-state index in [9.17, 15) is 0 Å². The van der Waals surface area contributed by atoms with Gasteiger partial charge in [-0.3, -0.25) is 9.89 Å². The molecule has 1 rings (SSSR count). The third kappa shape index (κ3) is 10.3. The topological polar surface area (TPSA) is 52.1 Å². The molecule has 0 aromatic heterocycles. The average Bonchev–Trinajstić information content (AvgIpc) is 2.63. The summed E-state index contributed by atoms with van der Waals surface area (Å²) in [5.74, 6) is 0.937. The van der Waals surface area contributed by atoms with Crippen molar-refractivity contribution in [2.45, 2.75) is 53.0 Å². The van der Waals surface area contributed by atoms with E-state index in [4.69, 9.17) is 9.73 Å². The van der Waals surface area contributed by atoms with Crippen LogP contribution in [0.1, 0.15) is 47.5 Å². The van der Waals surface area contributed by atoms with Gasteiger partial charge in [-0.15, -0.1) is 24.0 Å². The van der Waals surface area contributed by atoms with Crippen molar-refractivity contribution in [2.24, 2.45) is 4.99 Å². The maximum Gasteiger partial charge on any atom is 0.191 e. The van der Waals surface area contributed by atoms with E-state index in [0.717, 1.165) is 65.0 Å². The molecule has 0 amide bonds. The second-order valence-corrected chi connectivity index (χ2v) is 7.27. The number of hydrogen-bond acceptors (Lipinski definition) is 4. The largest absolute Gasteiger partial charge is 0.379 e. The van der Waals surface area contributed by atoms with Crippen LogP contribution >= 0.6 is 24.0 Å². The fourth-order valence-corrected chi connectivity index (χ4v) is 3.09. The highest BCUT2D eigenvalue weighted by atomic mass is 127. The van der Waals surface area contributed by atoms with Crippen molar-refractivity contribution in [3.8, 4) is 0 Å². The Morgan fingerprint density at radius 1 is 1.08 bits per heavy atom. The van der Waals surface area contributed by atoms with Crippen molar-refractivity contribution in [2.75, 3.05) is 65.6 Å². The Morgan fingerprint density at radius 2 is 1.73 bits per heavy atom. The van der Waals surface area contributed by atoms with Crippen molar-refractivity contribution in [1.29, 1.82) is 0 Å². The summed E-state index contributed by atoms with van der Waals surface area (Å²) in [6.07, 6.45) is 2.40. The third-order valence-corrected chi connectivity index (χ3v) is 4.92. The predicted octanol–water partition coefficient (Wildman–Crippen LogP) is 2.39. The highest BCUT2D eigenvalue weighted by molar-refractivity contribution is 14.0. The van der Waals surface area contributed by atoms with E-state index in [-0.39, 0.29) is 29.5 Å². The molecule has 0 aromatic rings. The van der Waals surface area contributed by atoms with Crippen LogP contribution in [0.25, 0.3) is 0 Å². The SMILES string of the molecule is CCNC(=NCC(C)(C)N1CCOCC1)NCCCCN(CC)CC.I. The number of halogens is 1. The molecule has 26 heavy (non-hydrogen) atoms. The molecule has 1 heterocycles. The molecule has 1 fully saturated rings. The lowest BCUT2D eigenvalue weighted by Crippen LogP contribution is -2.52. The summed E-state index contributed by atoms with van der Waals surface area (Å²) in [5, 5.41) is 6.85. The molecule has 0 bridgehead atoms. The van der Waals surface area contributed by atoms with E-state index < -0.39 is 0 Å². The van der Waals surface area contributed by atoms with Crippen molar-refractivity contribution >= 4 is 29.9 Å². The van der Waals surface area contributed by atoms with E-state index in [2.05, 4.69) is 55.1 Å². The molecule has 7 heteroatoms. The van der Waals surface area contributed by atoms with Gasteiger partial charge < -0.3 is 20.3 Å². The molecule has 0 unspecified atom stereocenters. The molecule has 156 valence electrons. The molecule has 0 radical (unpaired) electrons. The normalized spacial score (nSPS) is 16.5. The summed E-state index contributed by atoms with van der Waals surface area (Å²) in [7, 11) is 0. The zero-order valence-corrected chi connectivity index (χ0v) is 20.0. The Labute approximate surface area is 178 Å². The summed E-state index contributed by atoms with van der Waals surface area (Å²) in [5.41, 5.74) is 0.0644. The standard InChI is InChI=1S/C19H41N5O.HI/c1-6-20-18(21-11-9-10-12-23(7-2)8-3)22-17-19(4,5)24-13-15-25-16-14-24;/h6-17H2,1-5H3,(H2,20,21,22);1H. The quantitative estimate of drug-likeness (QED) is 0.205. The number of guanidine groups is 1. The monoisotopic (exact) mass is 483 g/mol. The maximum absolute atomic E-state index is 5.46. The Hall–Kier alpha value is -0.120. The first-order chi connectivity index (χ1) is 12.0. The summed E-state index contributed by atoms with van der Waals surface area (Å²) in [6, 6.07) is 0. The van der Waals surface area contributed by atoms with E-state index in [1.165, 1.54) is 19.4 Å². The lowest BCUT2D eigenvalue weighted by atomic mass is 10.0.